The Kier molecular flexibility index (Phi) is 6.41. The van der Waals surface area contributed by atoms with Gasteiger partial charge in [0.2, 0.25) is 5.91 Å². The van der Waals surface area contributed by atoms with E-state index in [2.05, 4.69) is 15.0 Å². The number of nitrogens with zero attached hydrogens (tertiary/aromatic N) is 1. The van der Waals surface area contributed by atoms with E-state index in [0.717, 1.165) is 10.6 Å². The Hall–Kier alpha value is -2.03. The van der Waals surface area contributed by atoms with Crippen molar-refractivity contribution in [3.05, 3.63) is 59.1 Å². The van der Waals surface area contributed by atoms with E-state index >= 15 is 0 Å². The zero-order valence-corrected chi connectivity index (χ0v) is 16.7. The topological polar surface area (TPSA) is 87.6 Å². The monoisotopic (exact) mass is 423 g/mol. The minimum Gasteiger partial charge on any atom is -0.355 e. The summed E-state index contributed by atoms with van der Waals surface area (Å²) in [4.78, 5) is 17.4. The van der Waals surface area contributed by atoms with Crippen LogP contribution in [0.3, 0.4) is 0 Å². The predicted molar refractivity (Wildman–Crippen MR) is 108 cm³/mol. The van der Waals surface area contributed by atoms with Crippen molar-refractivity contribution in [2.24, 2.45) is 4.99 Å². The molecule has 2 N–H and O–H groups in total. The first-order valence-electron chi connectivity index (χ1n) is 8.27. The number of amidine groups is 1. The zero-order chi connectivity index (χ0) is 19.3. The summed E-state index contributed by atoms with van der Waals surface area (Å²) in [5, 5.41) is 3.53. The molecule has 142 valence electrons. The highest BCUT2D eigenvalue weighted by Gasteiger charge is 2.29. The number of benzene rings is 2. The lowest BCUT2D eigenvalue weighted by Crippen LogP contribution is -2.27. The molecule has 2 aromatic rings. The highest BCUT2D eigenvalue weighted by Crippen LogP contribution is 2.22. The van der Waals surface area contributed by atoms with Gasteiger partial charge in [0, 0.05) is 34.2 Å². The first-order valence-corrected chi connectivity index (χ1v) is 11.1. The van der Waals surface area contributed by atoms with Gasteiger partial charge >= 0.3 is 0 Å². The number of thioether (sulfide) groups is 1. The Balaban J connectivity index is 1.42. The van der Waals surface area contributed by atoms with Crippen LogP contribution in [-0.4, -0.2) is 39.0 Å². The van der Waals surface area contributed by atoms with E-state index in [9.17, 15) is 13.2 Å². The molecule has 9 heteroatoms. The summed E-state index contributed by atoms with van der Waals surface area (Å²) in [6.45, 7) is 0.751. The molecule has 27 heavy (non-hydrogen) atoms. The molecule has 1 amide bonds. The molecule has 0 unspecified atom stereocenters. The van der Waals surface area contributed by atoms with Gasteiger partial charge in [0.05, 0.1) is 11.4 Å². The summed E-state index contributed by atoms with van der Waals surface area (Å²) < 4.78 is 26.4. The van der Waals surface area contributed by atoms with Gasteiger partial charge in [-0.05, 0) is 36.4 Å². The van der Waals surface area contributed by atoms with Crippen LogP contribution >= 0.6 is 23.4 Å². The summed E-state index contributed by atoms with van der Waals surface area (Å²) in [6, 6.07) is 14.2. The second-order valence-corrected chi connectivity index (χ2v) is 8.99. The van der Waals surface area contributed by atoms with Crippen LogP contribution < -0.4 is 10.0 Å². The first kappa shape index (κ1) is 19.7. The van der Waals surface area contributed by atoms with Crippen molar-refractivity contribution in [1.29, 1.82) is 0 Å². The zero-order valence-electron chi connectivity index (χ0n) is 14.3. The van der Waals surface area contributed by atoms with Crippen molar-refractivity contribution < 1.29 is 13.2 Å². The summed E-state index contributed by atoms with van der Waals surface area (Å²) in [6.07, 6.45) is 0.193. The lowest BCUT2D eigenvalue weighted by atomic mass is 10.2. The average Bonchev–Trinajstić information content (AvgIpc) is 2.91. The number of amides is 1. The minimum atomic E-state index is -3.54. The minimum absolute atomic E-state index is 0.120. The van der Waals surface area contributed by atoms with Crippen LogP contribution in [0.1, 0.15) is 12.0 Å². The number of aliphatic imine (C=N–C) groups is 1. The fraction of sp³-hybridized carbons (Fsp3) is 0.222. The van der Waals surface area contributed by atoms with Crippen molar-refractivity contribution in [2.75, 3.05) is 18.8 Å². The highest BCUT2D eigenvalue weighted by molar-refractivity contribution is 7.99. The van der Waals surface area contributed by atoms with Crippen molar-refractivity contribution in [3.63, 3.8) is 0 Å². The van der Waals surface area contributed by atoms with Crippen molar-refractivity contribution in [1.82, 2.24) is 10.0 Å². The number of hydrogen-bond acceptors (Lipinski definition) is 5. The third-order valence-corrected chi connectivity index (χ3v) is 6.44. The summed E-state index contributed by atoms with van der Waals surface area (Å²) in [7, 11) is -3.54. The average molecular weight is 424 g/mol. The van der Waals surface area contributed by atoms with Gasteiger partial charge in [-0.2, -0.15) is 0 Å². The quantitative estimate of drug-likeness (QED) is 0.529. The molecule has 0 spiro atoms. The molecular weight excluding hydrogens is 406 g/mol. The molecule has 1 aliphatic heterocycles. The van der Waals surface area contributed by atoms with Crippen LogP contribution in [0.25, 0.3) is 0 Å². The SMILES string of the molecule is O=C(CCN=C1NS(=O)(=O)c2ccccc21)NCCSc1ccc(Cl)cc1. The molecule has 1 aliphatic rings. The van der Waals surface area contributed by atoms with Crippen molar-refractivity contribution in [2.45, 2.75) is 16.2 Å². The van der Waals surface area contributed by atoms with Gasteiger partial charge in [0.25, 0.3) is 10.0 Å². The summed E-state index contributed by atoms with van der Waals surface area (Å²) in [5.74, 6) is 0.914. The predicted octanol–water partition coefficient (Wildman–Crippen LogP) is 2.68. The number of rotatable bonds is 7. The highest BCUT2D eigenvalue weighted by atomic mass is 35.5. The fourth-order valence-corrected chi connectivity index (χ4v) is 4.64. The summed E-state index contributed by atoms with van der Waals surface area (Å²) >= 11 is 7.47. The van der Waals surface area contributed by atoms with E-state index in [-0.39, 0.29) is 29.6 Å². The van der Waals surface area contributed by atoms with E-state index in [4.69, 9.17) is 11.6 Å². The first-order chi connectivity index (χ1) is 13.0. The number of carbonyl (C=O) groups excluding carboxylic acids is 1. The Morgan fingerprint density at radius 1 is 1.15 bits per heavy atom. The van der Waals surface area contributed by atoms with E-state index in [1.54, 1.807) is 30.0 Å². The van der Waals surface area contributed by atoms with Crippen LogP contribution in [0.2, 0.25) is 5.02 Å². The van der Waals surface area contributed by atoms with Gasteiger partial charge in [-0.25, -0.2) is 8.42 Å². The van der Waals surface area contributed by atoms with Gasteiger partial charge < -0.3 is 5.32 Å². The van der Waals surface area contributed by atoms with Gasteiger partial charge in [-0.15, -0.1) is 11.8 Å². The number of sulfonamides is 1. The molecule has 1 heterocycles. The summed E-state index contributed by atoms with van der Waals surface area (Å²) in [5.41, 5.74) is 0.539. The second-order valence-electron chi connectivity index (χ2n) is 5.73. The van der Waals surface area contributed by atoms with Crippen LogP contribution in [-0.2, 0) is 14.8 Å². The molecule has 0 aromatic heterocycles. The standard InChI is InChI=1S/C18H18ClN3O3S2/c19-13-5-7-14(8-6-13)26-12-11-20-17(23)9-10-21-18-15-3-1-2-4-16(15)27(24,25)22-18/h1-8H,9-12H2,(H,20,23)(H,21,22). The maximum Gasteiger partial charge on any atom is 0.263 e. The molecule has 0 aliphatic carbocycles. The fourth-order valence-electron chi connectivity index (χ4n) is 2.50. The maximum atomic E-state index is 12.0. The Morgan fingerprint density at radius 3 is 2.67 bits per heavy atom. The maximum absolute atomic E-state index is 12.0. The van der Waals surface area contributed by atoms with Gasteiger partial charge in [0.15, 0.2) is 0 Å². The smallest absolute Gasteiger partial charge is 0.263 e. The van der Waals surface area contributed by atoms with E-state index in [0.29, 0.717) is 17.1 Å². The van der Waals surface area contributed by atoms with Gasteiger partial charge in [-0.3, -0.25) is 14.5 Å². The number of fused-ring (bicyclic) bond motifs is 1. The molecule has 0 saturated carbocycles. The van der Waals surface area contributed by atoms with Gasteiger partial charge in [-0.1, -0.05) is 23.7 Å². The number of hydrogen-bond donors (Lipinski definition) is 2. The Morgan fingerprint density at radius 2 is 1.89 bits per heavy atom. The second kappa shape index (κ2) is 8.77. The molecular formula is C18H18ClN3O3S2. The van der Waals surface area contributed by atoms with Crippen molar-refractivity contribution in [3.8, 4) is 0 Å². The normalized spacial score (nSPS) is 16.0. The number of carbonyl (C=O) groups is 1. The number of halogens is 1. The molecule has 0 fully saturated rings. The lowest BCUT2D eigenvalue weighted by molar-refractivity contribution is -0.120. The Labute approximate surface area is 167 Å². The van der Waals surface area contributed by atoms with E-state index in [1.165, 1.54) is 6.07 Å². The number of nitrogens with one attached hydrogen (secondary N) is 2. The molecule has 0 bridgehead atoms. The van der Waals surface area contributed by atoms with Crippen LogP contribution in [0, 0.1) is 0 Å². The third-order valence-electron chi connectivity index (χ3n) is 3.78. The third kappa shape index (κ3) is 5.24. The molecule has 3 rings (SSSR count). The van der Waals surface area contributed by atoms with E-state index < -0.39 is 10.0 Å². The molecule has 6 nitrogen and oxygen atoms in total. The molecule has 0 saturated heterocycles. The molecule has 2 aromatic carbocycles. The van der Waals surface area contributed by atoms with Crippen LogP contribution in [0.15, 0.2) is 63.3 Å². The lowest BCUT2D eigenvalue weighted by Gasteiger charge is -2.05. The van der Waals surface area contributed by atoms with Crippen LogP contribution in [0.4, 0.5) is 0 Å². The van der Waals surface area contributed by atoms with Crippen LogP contribution in [0.5, 0.6) is 0 Å². The molecule has 0 atom stereocenters. The Bertz CT molecular complexity index is 960. The van der Waals surface area contributed by atoms with Gasteiger partial charge in [0.1, 0.15) is 5.84 Å². The molecule has 0 radical (unpaired) electrons. The van der Waals surface area contributed by atoms with E-state index in [1.807, 2.05) is 24.3 Å². The largest absolute Gasteiger partial charge is 0.355 e. The van der Waals surface area contributed by atoms with Crippen molar-refractivity contribution >= 4 is 45.1 Å².